The average Bonchev–Trinajstić information content (AvgIpc) is 2.26. The Bertz CT molecular complexity index is 447. The van der Waals surface area contributed by atoms with E-state index >= 15 is 0 Å². The summed E-state index contributed by atoms with van der Waals surface area (Å²) in [5, 5.41) is 0.989. The maximum Gasteiger partial charge on any atom is 0.242 e. The summed E-state index contributed by atoms with van der Waals surface area (Å²) < 4.78 is -1.66. The molecule has 1 amide bonds. The van der Waals surface area contributed by atoms with Crippen molar-refractivity contribution in [1.82, 2.24) is 4.98 Å². The molecule has 18 heavy (non-hydrogen) atoms. The van der Waals surface area contributed by atoms with Crippen molar-refractivity contribution in [2.45, 2.75) is 23.6 Å². The van der Waals surface area contributed by atoms with Gasteiger partial charge < -0.3 is 0 Å². The Kier molecular flexibility index (Phi) is 5.49. The van der Waals surface area contributed by atoms with Crippen molar-refractivity contribution in [2.24, 2.45) is 5.84 Å². The highest BCUT2D eigenvalue weighted by Crippen LogP contribution is 2.39. The van der Waals surface area contributed by atoms with Crippen LogP contribution in [0.4, 0.5) is 5.82 Å². The zero-order valence-electron chi connectivity index (χ0n) is 9.46. The van der Waals surface area contributed by atoms with E-state index in [9.17, 15) is 4.79 Å². The van der Waals surface area contributed by atoms with Crippen LogP contribution in [0.1, 0.15) is 25.3 Å². The summed E-state index contributed by atoms with van der Waals surface area (Å²) in [5.74, 6) is 5.49. The number of alkyl halides is 3. The van der Waals surface area contributed by atoms with Gasteiger partial charge in [-0.05, 0) is 18.6 Å². The molecule has 0 unspecified atom stereocenters. The summed E-state index contributed by atoms with van der Waals surface area (Å²) in [7, 11) is 0. The highest BCUT2D eigenvalue weighted by atomic mass is 35.6. The molecule has 0 aliphatic rings. The normalized spacial score (nSPS) is 11.4. The van der Waals surface area contributed by atoms with Crippen molar-refractivity contribution in [3.63, 3.8) is 0 Å². The van der Waals surface area contributed by atoms with Crippen molar-refractivity contribution in [2.75, 3.05) is 5.01 Å². The molecule has 1 aromatic heterocycles. The number of amides is 1. The maximum atomic E-state index is 11.6. The van der Waals surface area contributed by atoms with E-state index in [4.69, 9.17) is 52.2 Å². The molecule has 0 saturated carbocycles. The summed E-state index contributed by atoms with van der Waals surface area (Å²) in [6.45, 7) is 1.86. The van der Waals surface area contributed by atoms with E-state index in [-0.39, 0.29) is 16.9 Å². The number of anilines is 1. The molecule has 1 heterocycles. The van der Waals surface area contributed by atoms with Gasteiger partial charge in [-0.25, -0.2) is 15.8 Å². The van der Waals surface area contributed by atoms with Gasteiger partial charge in [0.15, 0.2) is 5.82 Å². The molecule has 0 aliphatic heterocycles. The smallest absolute Gasteiger partial charge is 0.242 e. The van der Waals surface area contributed by atoms with Crippen LogP contribution in [0.2, 0.25) is 5.15 Å². The van der Waals surface area contributed by atoms with Gasteiger partial charge in [0.1, 0.15) is 5.15 Å². The van der Waals surface area contributed by atoms with Gasteiger partial charge in [-0.2, -0.15) is 0 Å². The molecule has 0 aromatic carbocycles. The number of hydrazine groups is 1. The standard InChI is InChI=1S/C10H11Cl4N3O/c1-2-3-9(18)17(15)8-5-6(10(12,13)14)4-7(11)16-8/h4-5H,2-3,15H2,1H3. The molecule has 2 N–H and O–H groups in total. The van der Waals surface area contributed by atoms with Gasteiger partial charge in [-0.15, -0.1) is 0 Å². The number of pyridine rings is 1. The minimum Gasteiger partial charge on any atom is -0.273 e. The van der Waals surface area contributed by atoms with Gasteiger partial charge in [0, 0.05) is 12.0 Å². The topological polar surface area (TPSA) is 59.2 Å². The van der Waals surface area contributed by atoms with E-state index < -0.39 is 3.79 Å². The van der Waals surface area contributed by atoms with Crippen LogP contribution in [-0.2, 0) is 8.59 Å². The molecule has 1 aromatic rings. The summed E-state index contributed by atoms with van der Waals surface area (Å²) in [6, 6.07) is 2.81. The number of carbonyl (C=O) groups is 1. The number of carbonyl (C=O) groups excluding carboxylic acids is 1. The first kappa shape index (κ1) is 15.8. The van der Waals surface area contributed by atoms with E-state index in [1.165, 1.54) is 12.1 Å². The third kappa shape index (κ3) is 4.14. The van der Waals surface area contributed by atoms with Crippen LogP contribution < -0.4 is 10.9 Å². The lowest BCUT2D eigenvalue weighted by molar-refractivity contribution is -0.118. The van der Waals surface area contributed by atoms with Crippen molar-refractivity contribution < 1.29 is 4.79 Å². The Balaban J connectivity index is 3.10. The number of hydrogen-bond donors (Lipinski definition) is 1. The molecule has 1 rings (SSSR count). The number of rotatable bonds is 3. The molecule has 4 nitrogen and oxygen atoms in total. The second-order valence-corrected chi connectivity index (χ2v) is 6.22. The van der Waals surface area contributed by atoms with E-state index in [1.807, 2.05) is 6.92 Å². The van der Waals surface area contributed by atoms with Crippen LogP contribution in [0.3, 0.4) is 0 Å². The summed E-state index contributed by atoms with van der Waals surface area (Å²) in [5.41, 5.74) is 0.294. The quantitative estimate of drug-likeness (QED) is 0.303. The second kappa shape index (κ2) is 6.26. The molecule has 0 atom stereocenters. The van der Waals surface area contributed by atoms with Crippen LogP contribution >= 0.6 is 46.4 Å². The van der Waals surface area contributed by atoms with Crippen molar-refractivity contribution in [3.8, 4) is 0 Å². The fourth-order valence-electron chi connectivity index (χ4n) is 1.23. The Morgan fingerprint density at radius 2 is 2.06 bits per heavy atom. The third-order valence-corrected chi connectivity index (χ3v) is 2.94. The van der Waals surface area contributed by atoms with E-state index in [1.54, 1.807) is 0 Å². The first-order chi connectivity index (χ1) is 8.25. The average molecular weight is 331 g/mol. The molecule has 0 radical (unpaired) electrons. The molecule has 0 bridgehead atoms. The fraction of sp³-hybridized carbons (Fsp3) is 0.400. The number of aromatic nitrogens is 1. The van der Waals surface area contributed by atoms with Crippen LogP contribution in [0.5, 0.6) is 0 Å². The van der Waals surface area contributed by atoms with Gasteiger partial charge in [0.25, 0.3) is 0 Å². The lowest BCUT2D eigenvalue weighted by Gasteiger charge is -2.18. The van der Waals surface area contributed by atoms with Crippen LogP contribution in [0, 0.1) is 0 Å². The molecular weight excluding hydrogens is 320 g/mol. The number of nitrogens with zero attached hydrogens (tertiary/aromatic N) is 2. The Morgan fingerprint density at radius 3 is 2.56 bits per heavy atom. The fourth-order valence-corrected chi connectivity index (χ4v) is 1.76. The summed E-state index contributed by atoms with van der Waals surface area (Å²) >= 11 is 23.0. The molecule has 8 heteroatoms. The predicted octanol–water partition coefficient (Wildman–Crippen LogP) is 3.57. The van der Waals surface area contributed by atoms with E-state index in [0.29, 0.717) is 18.4 Å². The highest BCUT2D eigenvalue weighted by Gasteiger charge is 2.25. The number of halogens is 4. The zero-order chi connectivity index (χ0) is 13.9. The van der Waals surface area contributed by atoms with Crippen molar-refractivity contribution in [1.29, 1.82) is 0 Å². The van der Waals surface area contributed by atoms with Crippen LogP contribution in [-0.4, -0.2) is 10.9 Å². The van der Waals surface area contributed by atoms with Crippen molar-refractivity contribution in [3.05, 3.63) is 22.8 Å². The highest BCUT2D eigenvalue weighted by molar-refractivity contribution is 6.66. The van der Waals surface area contributed by atoms with Crippen LogP contribution in [0.25, 0.3) is 0 Å². The molecule has 0 fully saturated rings. The van der Waals surface area contributed by atoms with Gasteiger partial charge in [-0.3, -0.25) is 4.79 Å². The maximum absolute atomic E-state index is 11.6. The molecule has 0 spiro atoms. The zero-order valence-corrected chi connectivity index (χ0v) is 12.5. The predicted molar refractivity (Wildman–Crippen MR) is 75.1 cm³/mol. The lowest BCUT2D eigenvalue weighted by Crippen LogP contribution is -2.38. The Labute approximate surface area is 125 Å². The van der Waals surface area contributed by atoms with Crippen LogP contribution in [0.15, 0.2) is 12.1 Å². The minimum absolute atomic E-state index is 0.0913. The van der Waals surface area contributed by atoms with Gasteiger partial charge in [-0.1, -0.05) is 53.3 Å². The molecule has 0 saturated heterocycles. The van der Waals surface area contributed by atoms with Crippen molar-refractivity contribution >= 4 is 58.1 Å². The second-order valence-electron chi connectivity index (χ2n) is 3.55. The molecule has 100 valence electrons. The number of hydrogen-bond acceptors (Lipinski definition) is 3. The first-order valence-electron chi connectivity index (χ1n) is 5.08. The van der Waals surface area contributed by atoms with E-state index in [0.717, 1.165) is 5.01 Å². The Hall–Kier alpha value is -0.260. The molecule has 0 aliphatic carbocycles. The summed E-state index contributed by atoms with van der Waals surface area (Å²) in [6.07, 6.45) is 0.970. The first-order valence-corrected chi connectivity index (χ1v) is 6.59. The largest absolute Gasteiger partial charge is 0.273 e. The van der Waals surface area contributed by atoms with Gasteiger partial charge in [0.2, 0.25) is 9.70 Å². The van der Waals surface area contributed by atoms with E-state index in [2.05, 4.69) is 4.98 Å². The Morgan fingerprint density at radius 1 is 1.44 bits per heavy atom. The monoisotopic (exact) mass is 329 g/mol. The van der Waals surface area contributed by atoms with Gasteiger partial charge in [0.05, 0.1) is 0 Å². The third-order valence-electron chi connectivity index (χ3n) is 2.09. The molecular formula is C10H11Cl4N3O. The number of nitrogens with two attached hydrogens (primary N) is 1. The summed E-state index contributed by atoms with van der Waals surface area (Å²) in [4.78, 5) is 15.6. The SMILES string of the molecule is CCCC(=O)N(N)c1cc(C(Cl)(Cl)Cl)cc(Cl)n1. The minimum atomic E-state index is -1.66. The van der Waals surface area contributed by atoms with Gasteiger partial charge >= 0.3 is 0 Å². The lowest BCUT2D eigenvalue weighted by atomic mass is 10.2.